The lowest BCUT2D eigenvalue weighted by molar-refractivity contribution is 0.405. The van der Waals surface area contributed by atoms with Crippen LogP contribution in [0.15, 0.2) is 30.3 Å². The van der Waals surface area contributed by atoms with Gasteiger partial charge >= 0.3 is 0 Å². The summed E-state index contributed by atoms with van der Waals surface area (Å²) in [5.74, 6) is -2.36. The summed E-state index contributed by atoms with van der Waals surface area (Å²) in [5.41, 5.74) is 6.40. The highest BCUT2D eigenvalue weighted by atomic mass is 19.1. The third-order valence-corrected chi connectivity index (χ3v) is 2.97. The molecule has 2 rings (SSSR count). The van der Waals surface area contributed by atoms with Crippen LogP contribution in [0, 0.1) is 24.4 Å². The van der Waals surface area contributed by atoms with Gasteiger partial charge in [0.2, 0.25) is 0 Å². The molecule has 0 aromatic heterocycles. The number of aryl methyl sites for hydroxylation is 1. The van der Waals surface area contributed by atoms with Crippen LogP contribution in [0.25, 0.3) is 0 Å². The van der Waals surface area contributed by atoms with Crippen molar-refractivity contribution in [3.05, 3.63) is 58.9 Å². The molecule has 0 aliphatic carbocycles. The molecule has 0 aliphatic heterocycles. The summed E-state index contributed by atoms with van der Waals surface area (Å²) >= 11 is 0. The Hall–Kier alpha value is -2.01. The van der Waals surface area contributed by atoms with Gasteiger partial charge in [0.15, 0.2) is 17.4 Å². The van der Waals surface area contributed by atoms with E-state index in [0.717, 1.165) is 0 Å². The fraction of sp³-hybridized carbons (Fsp3) is 0.250. The molecule has 0 fully saturated rings. The van der Waals surface area contributed by atoms with Gasteiger partial charge in [0, 0.05) is 6.04 Å². The van der Waals surface area contributed by atoms with Gasteiger partial charge in [-0.05, 0) is 61.7 Å². The number of halogens is 3. The van der Waals surface area contributed by atoms with Crippen molar-refractivity contribution >= 4 is 0 Å². The van der Waals surface area contributed by atoms with Crippen LogP contribution in [0.3, 0.4) is 0 Å². The first-order chi connectivity index (χ1) is 9.86. The minimum Gasteiger partial charge on any atom is -0.451 e. The van der Waals surface area contributed by atoms with E-state index in [2.05, 4.69) is 0 Å². The van der Waals surface area contributed by atoms with E-state index >= 15 is 0 Å². The van der Waals surface area contributed by atoms with Gasteiger partial charge in [0.25, 0.3) is 0 Å². The van der Waals surface area contributed by atoms with Gasteiger partial charge in [-0.15, -0.1) is 0 Å². The highest BCUT2D eigenvalue weighted by Crippen LogP contribution is 2.29. The number of hydrogen-bond acceptors (Lipinski definition) is 2. The average Bonchev–Trinajstić information content (AvgIpc) is 2.37. The fourth-order valence-electron chi connectivity index (χ4n) is 2.00. The van der Waals surface area contributed by atoms with Crippen LogP contribution in [-0.2, 0) is 6.42 Å². The Bertz CT molecular complexity index is 633. The Labute approximate surface area is 121 Å². The quantitative estimate of drug-likeness (QED) is 0.922. The van der Waals surface area contributed by atoms with Gasteiger partial charge in [0.1, 0.15) is 11.6 Å². The van der Waals surface area contributed by atoms with Crippen molar-refractivity contribution in [2.45, 2.75) is 26.3 Å². The second-order valence-electron chi connectivity index (χ2n) is 5.08. The Morgan fingerprint density at radius 1 is 1.05 bits per heavy atom. The smallest absolute Gasteiger partial charge is 0.198 e. The second kappa shape index (κ2) is 6.18. The summed E-state index contributed by atoms with van der Waals surface area (Å²) in [6.45, 7) is 3.29. The summed E-state index contributed by atoms with van der Waals surface area (Å²) in [6.07, 6.45) is 0.365. The molecule has 2 aromatic carbocycles. The van der Waals surface area contributed by atoms with Crippen molar-refractivity contribution in [1.82, 2.24) is 0 Å². The predicted molar refractivity (Wildman–Crippen MR) is 74.9 cm³/mol. The van der Waals surface area contributed by atoms with Crippen molar-refractivity contribution in [3.63, 3.8) is 0 Å². The van der Waals surface area contributed by atoms with Crippen LogP contribution in [0.5, 0.6) is 11.5 Å². The maximum atomic E-state index is 13.9. The summed E-state index contributed by atoms with van der Waals surface area (Å²) in [7, 11) is 0. The second-order valence-corrected chi connectivity index (χ2v) is 5.08. The van der Waals surface area contributed by atoms with Crippen molar-refractivity contribution in [2.24, 2.45) is 5.73 Å². The van der Waals surface area contributed by atoms with Gasteiger partial charge in [-0.2, -0.15) is 0 Å². The van der Waals surface area contributed by atoms with E-state index in [9.17, 15) is 13.2 Å². The van der Waals surface area contributed by atoms with Crippen LogP contribution in [-0.4, -0.2) is 6.04 Å². The van der Waals surface area contributed by atoms with Gasteiger partial charge in [-0.3, -0.25) is 0 Å². The minimum atomic E-state index is -0.812. The zero-order valence-corrected chi connectivity index (χ0v) is 11.8. The zero-order chi connectivity index (χ0) is 15.6. The van der Waals surface area contributed by atoms with E-state index in [1.807, 2.05) is 0 Å². The van der Waals surface area contributed by atoms with Crippen LogP contribution in [0.4, 0.5) is 13.2 Å². The molecule has 5 heteroatoms. The average molecular weight is 295 g/mol. The molecule has 2 N–H and O–H groups in total. The van der Waals surface area contributed by atoms with E-state index in [0.29, 0.717) is 17.5 Å². The van der Waals surface area contributed by atoms with Crippen molar-refractivity contribution in [3.8, 4) is 11.5 Å². The Morgan fingerprint density at radius 2 is 1.67 bits per heavy atom. The van der Waals surface area contributed by atoms with E-state index in [1.54, 1.807) is 13.8 Å². The Kier molecular flexibility index (Phi) is 4.53. The Morgan fingerprint density at radius 3 is 2.19 bits per heavy atom. The molecule has 0 saturated heterocycles. The van der Waals surface area contributed by atoms with E-state index in [-0.39, 0.29) is 11.8 Å². The molecule has 21 heavy (non-hydrogen) atoms. The molecule has 2 aromatic rings. The molecule has 1 atom stereocenters. The molecule has 0 bridgehead atoms. The molecule has 0 aliphatic rings. The lowest BCUT2D eigenvalue weighted by Gasteiger charge is -2.11. The minimum absolute atomic E-state index is 0.173. The topological polar surface area (TPSA) is 35.2 Å². The highest BCUT2D eigenvalue weighted by molar-refractivity contribution is 5.37. The Balaban J connectivity index is 2.29. The van der Waals surface area contributed by atoms with E-state index < -0.39 is 23.2 Å². The molecule has 1 unspecified atom stereocenters. The number of rotatable bonds is 4. The first kappa shape index (κ1) is 15.4. The van der Waals surface area contributed by atoms with Gasteiger partial charge < -0.3 is 10.5 Å². The summed E-state index contributed by atoms with van der Waals surface area (Å²) in [5, 5.41) is 0. The standard InChI is InChI=1S/C16H16F3NO/c1-9-5-12(3-4-13(9)17)21-16-14(18)7-11(6-10(2)20)8-15(16)19/h3-5,7-8,10H,6,20H2,1-2H3. The van der Waals surface area contributed by atoms with E-state index in [1.165, 1.54) is 30.3 Å². The van der Waals surface area contributed by atoms with Gasteiger partial charge in [-0.25, -0.2) is 13.2 Å². The van der Waals surface area contributed by atoms with Gasteiger partial charge in [0.05, 0.1) is 0 Å². The number of benzene rings is 2. The maximum absolute atomic E-state index is 13.9. The van der Waals surface area contributed by atoms with Crippen LogP contribution < -0.4 is 10.5 Å². The van der Waals surface area contributed by atoms with Crippen molar-refractivity contribution in [1.29, 1.82) is 0 Å². The number of ether oxygens (including phenoxy) is 1. The largest absolute Gasteiger partial charge is 0.451 e. The van der Waals surface area contributed by atoms with Gasteiger partial charge in [-0.1, -0.05) is 0 Å². The van der Waals surface area contributed by atoms with Crippen LogP contribution >= 0.6 is 0 Å². The molecular weight excluding hydrogens is 279 g/mol. The van der Waals surface area contributed by atoms with Crippen LogP contribution in [0.2, 0.25) is 0 Å². The molecule has 0 saturated carbocycles. The molecule has 0 heterocycles. The normalized spacial score (nSPS) is 12.3. The van der Waals surface area contributed by atoms with Crippen molar-refractivity contribution in [2.75, 3.05) is 0 Å². The van der Waals surface area contributed by atoms with Crippen molar-refractivity contribution < 1.29 is 17.9 Å². The summed E-state index contributed by atoms with van der Waals surface area (Å²) < 4.78 is 46.2. The molecule has 112 valence electrons. The lowest BCUT2D eigenvalue weighted by atomic mass is 10.1. The molecule has 0 spiro atoms. The fourth-order valence-corrected chi connectivity index (χ4v) is 2.00. The number of nitrogens with two attached hydrogens (primary N) is 1. The predicted octanol–water partition coefficient (Wildman–Crippen LogP) is 4.09. The third-order valence-electron chi connectivity index (χ3n) is 2.97. The van der Waals surface area contributed by atoms with Crippen LogP contribution in [0.1, 0.15) is 18.1 Å². The zero-order valence-electron chi connectivity index (χ0n) is 11.8. The lowest BCUT2D eigenvalue weighted by Crippen LogP contribution is -2.18. The maximum Gasteiger partial charge on any atom is 0.198 e. The molecule has 0 amide bonds. The first-order valence-corrected chi connectivity index (χ1v) is 6.54. The SMILES string of the molecule is Cc1cc(Oc2c(F)cc(CC(C)N)cc2F)ccc1F. The van der Waals surface area contributed by atoms with E-state index in [4.69, 9.17) is 10.5 Å². The summed E-state index contributed by atoms with van der Waals surface area (Å²) in [6, 6.07) is 6.07. The summed E-state index contributed by atoms with van der Waals surface area (Å²) in [4.78, 5) is 0. The monoisotopic (exact) mass is 295 g/mol. The third kappa shape index (κ3) is 3.76. The highest BCUT2D eigenvalue weighted by Gasteiger charge is 2.15. The molecular formula is C16H16F3NO. The molecule has 2 nitrogen and oxygen atoms in total. The number of hydrogen-bond donors (Lipinski definition) is 1. The molecule has 0 radical (unpaired) electrons. The first-order valence-electron chi connectivity index (χ1n) is 6.54.